The van der Waals surface area contributed by atoms with Crippen LogP contribution in [0.4, 0.5) is 0 Å². The van der Waals surface area contributed by atoms with Gasteiger partial charge in [0, 0.05) is 6.42 Å². The normalized spacial score (nSPS) is 36.0. The molecule has 0 amide bonds. The predicted octanol–water partition coefficient (Wildman–Crippen LogP) is 5.08. The van der Waals surface area contributed by atoms with E-state index in [9.17, 15) is 15.0 Å². The van der Waals surface area contributed by atoms with Crippen molar-refractivity contribution in [2.45, 2.75) is 109 Å². The van der Waals surface area contributed by atoms with Gasteiger partial charge in [0.05, 0.1) is 12.2 Å². The summed E-state index contributed by atoms with van der Waals surface area (Å²) >= 11 is 0. The maximum Gasteiger partial charge on any atom is 0.303 e. The molecule has 28 heavy (non-hydrogen) atoms. The number of carboxylic acid groups (broad SMARTS) is 1. The summed E-state index contributed by atoms with van der Waals surface area (Å²) in [6.07, 6.45) is 15.7. The molecule has 3 N–H and O–H groups in total. The van der Waals surface area contributed by atoms with E-state index < -0.39 is 5.97 Å². The third-order valence-electron chi connectivity index (χ3n) is 8.29. The average Bonchev–Trinajstić information content (AvgIpc) is 2.68. The number of carbonyl (C=O) groups is 1. The van der Waals surface area contributed by atoms with Gasteiger partial charge in [-0.1, -0.05) is 37.8 Å². The second-order valence-electron chi connectivity index (χ2n) is 9.65. The molecule has 4 nitrogen and oxygen atoms in total. The molecule has 0 radical (unpaired) electrons. The number of hydrogen-bond donors (Lipinski definition) is 3. The van der Waals surface area contributed by atoms with E-state index in [4.69, 9.17) is 5.11 Å². The number of unbranched alkanes of at least 4 members (excludes halogenated alkanes) is 1. The highest BCUT2D eigenvalue weighted by Crippen LogP contribution is 2.63. The topological polar surface area (TPSA) is 77.8 Å². The van der Waals surface area contributed by atoms with Crippen molar-refractivity contribution in [2.24, 2.45) is 23.2 Å². The maximum absolute atomic E-state index is 10.7. The summed E-state index contributed by atoms with van der Waals surface area (Å²) < 4.78 is 0. The number of fused-ring (bicyclic) bond motifs is 1. The lowest BCUT2D eigenvalue weighted by Crippen LogP contribution is -2.53. The van der Waals surface area contributed by atoms with E-state index in [1.54, 1.807) is 0 Å². The molecule has 1 unspecified atom stereocenters. The maximum atomic E-state index is 10.7. The molecule has 3 aliphatic carbocycles. The van der Waals surface area contributed by atoms with E-state index in [2.05, 4.69) is 13.0 Å². The summed E-state index contributed by atoms with van der Waals surface area (Å²) in [6.45, 7) is 2.27. The van der Waals surface area contributed by atoms with Gasteiger partial charge in [-0.3, -0.25) is 4.79 Å². The number of aliphatic hydroxyl groups is 2. The Labute approximate surface area is 170 Å². The second kappa shape index (κ2) is 9.75. The van der Waals surface area contributed by atoms with E-state index in [1.807, 2.05) is 0 Å². The first-order valence-electron chi connectivity index (χ1n) is 11.8. The monoisotopic (exact) mass is 392 g/mol. The Bertz CT molecular complexity index is 551. The van der Waals surface area contributed by atoms with Crippen LogP contribution in [0, 0.1) is 23.2 Å². The molecule has 0 aromatic carbocycles. The average molecular weight is 393 g/mol. The number of aliphatic carboxylic acids is 1. The summed E-state index contributed by atoms with van der Waals surface area (Å²) in [5.74, 6) is 0.595. The molecule has 5 atom stereocenters. The molecule has 0 heterocycles. The van der Waals surface area contributed by atoms with Crippen LogP contribution in [0.3, 0.4) is 0 Å². The van der Waals surface area contributed by atoms with Gasteiger partial charge >= 0.3 is 5.97 Å². The minimum atomic E-state index is -0.715. The van der Waals surface area contributed by atoms with Crippen molar-refractivity contribution in [2.75, 3.05) is 0 Å². The molecule has 0 aromatic rings. The van der Waals surface area contributed by atoms with Crippen molar-refractivity contribution in [1.29, 1.82) is 0 Å². The Hall–Kier alpha value is -0.870. The summed E-state index contributed by atoms with van der Waals surface area (Å²) in [5.41, 5.74) is 1.73. The number of allylic oxidation sites excluding steroid dienone is 2. The van der Waals surface area contributed by atoms with Crippen LogP contribution in [-0.2, 0) is 4.79 Å². The number of hydrogen-bond acceptors (Lipinski definition) is 3. The van der Waals surface area contributed by atoms with Gasteiger partial charge in [-0.05, 0) is 87.4 Å². The number of carboxylic acids is 1. The molecule has 3 fully saturated rings. The molecular formula is C24H40O4. The quantitative estimate of drug-likeness (QED) is 0.378. The molecule has 3 aliphatic rings. The lowest BCUT2D eigenvalue weighted by molar-refractivity contribution is -0.137. The van der Waals surface area contributed by atoms with Gasteiger partial charge in [-0.25, -0.2) is 0 Å². The largest absolute Gasteiger partial charge is 0.481 e. The molecule has 0 bridgehead atoms. The van der Waals surface area contributed by atoms with Gasteiger partial charge in [-0.2, -0.15) is 0 Å². The third-order valence-corrected chi connectivity index (χ3v) is 8.29. The van der Waals surface area contributed by atoms with Crippen LogP contribution in [0.25, 0.3) is 0 Å². The van der Waals surface area contributed by atoms with E-state index in [0.717, 1.165) is 44.9 Å². The number of rotatable bonds is 9. The van der Waals surface area contributed by atoms with Crippen LogP contribution in [0.15, 0.2) is 11.6 Å². The number of aliphatic hydroxyl groups excluding tert-OH is 2. The van der Waals surface area contributed by atoms with Crippen molar-refractivity contribution in [3.8, 4) is 0 Å². The standard InChI is InChI=1S/C24H40O4/c1-2-24-15-14-22(26)19(12-13-21(25)17-8-4-3-5-9-17)20(24)16-18(24)10-6-7-11-23(27)28/h10,17,19-22,25-26H,2-9,11-16H2,1H3,(H,27,28)/t19-,20-,21?,22-,24-/m0/s1. The molecular weight excluding hydrogens is 352 g/mol. The van der Waals surface area contributed by atoms with Crippen LogP contribution < -0.4 is 0 Å². The van der Waals surface area contributed by atoms with Crippen molar-refractivity contribution in [1.82, 2.24) is 0 Å². The Morgan fingerprint density at radius 3 is 2.68 bits per heavy atom. The first-order valence-corrected chi connectivity index (χ1v) is 11.8. The molecule has 0 aromatic heterocycles. The Morgan fingerprint density at radius 1 is 1.25 bits per heavy atom. The van der Waals surface area contributed by atoms with Gasteiger partial charge < -0.3 is 15.3 Å². The van der Waals surface area contributed by atoms with Crippen LogP contribution in [0.1, 0.15) is 96.8 Å². The molecule has 3 rings (SSSR count). The third kappa shape index (κ3) is 4.64. The minimum absolute atomic E-state index is 0.198. The zero-order valence-electron chi connectivity index (χ0n) is 17.6. The second-order valence-corrected chi connectivity index (χ2v) is 9.65. The van der Waals surface area contributed by atoms with E-state index in [-0.39, 0.29) is 24.0 Å². The Morgan fingerprint density at radius 2 is 2.00 bits per heavy atom. The minimum Gasteiger partial charge on any atom is -0.481 e. The van der Waals surface area contributed by atoms with Gasteiger partial charge in [0.2, 0.25) is 0 Å². The Kier molecular flexibility index (Phi) is 7.60. The van der Waals surface area contributed by atoms with Gasteiger partial charge in [0.1, 0.15) is 0 Å². The summed E-state index contributed by atoms with van der Waals surface area (Å²) in [7, 11) is 0. The van der Waals surface area contributed by atoms with Crippen molar-refractivity contribution >= 4 is 5.97 Å². The van der Waals surface area contributed by atoms with E-state index in [1.165, 1.54) is 37.7 Å². The fourth-order valence-electron chi connectivity index (χ4n) is 6.53. The van der Waals surface area contributed by atoms with Crippen molar-refractivity contribution in [3.05, 3.63) is 11.6 Å². The van der Waals surface area contributed by atoms with Gasteiger partial charge in [0.25, 0.3) is 0 Å². The van der Waals surface area contributed by atoms with Gasteiger partial charge in [0.15, 0.2) is 0 Å². The molecule has 0 spiro atoms. The van der Waals surface area contributed by atoms with Crippen LogP contribution in [0.2, 0.25) is 0 Å². The molecule has 160 valence electrons. The lowest BCUT2D eigenvalue weighted by atomic mass is 9.45. The smallest absolute Gasteiger partial charge is 0.303 e. The highest BCUT2D eigenvalue weighted by Gasteiger charge is 2.56. The summed E-state index contributed by atoms with van der Waals surface area (Å²) in [4.78, 5) is 10.7. The fourth-order valence-corrected chi connectivity index (χ4v) is 6.53. The predicted molar refractivity (Wildman–Crippen MR) is 111 cm³/mol. The molecule has 4 heteroatoms. The zero-order valence-corrected chi connectivity index (χ0v) is 17.6. The van der Waals surface area contributed by atoms with Gasteiger partial charge in [-0.15, -0.1) is 0 Å². The van der Waals surface area contributed by atoms with Crippen molar-refractivity contribution < 1.29 is 20.1 Å². The van der Waals surface area contributed by atoms with E-state index >= 15 is 0 Å². The first-order chi connectivity index (χ1) is 13.5. The molecule has 0 saturated heterocycles. The SMILES string of the molecule is CC[C@@]12CC[C@H](O)[C@@H](CCC(O)C3CCCCC3)[C@@H]1CC2=CCCCC(=O)O. The highest BCUT2D eigenvalue weighted by molar-refractivity contribution is 5.66. The lowest BCUT2D eigenvalue weighted by Gasteiger charge is -2.60. The van der Waals surface area contributed by atoms with Crippen LogP contribution in [0.5, 0.6) is 0 Å². The first kappa shape index (κ1) is 21.8. The zero-order chi connectivity index (χ0) is 20.1. The van der Waals surface area contributed by atoms with Crippen LogP contribution in [-0.4, -0.2) is 33.5 Å². The fraction of sp³-hybridized carbons (Fsp3) is 0.875. The summed E-state index contributed by atoms with van der Waals surface area (Å²) in [6, 6.07) is 0. The van der Waals surface area contributed by atoms with Crippen LogP contribution >= 0.6 is 0 Å². The molecule has 0 aliphatic heterocycles. The van der Waals surface area contributed by atoms with Crippen molar-refractivity contribution in [3.63, 3.8) is 0 Å². The van der Waals surface area contributed by atoms with E-state index in [0.29, 0.717) is 24.2 Å². The molecule has 3 saturated carbocycles. The Balaban J connectivity index is 1.57. The summed E-state index contributed by atoms with van der Waals surface area (Å²) in [5, 5.41) is 30.2. The highest BCUT2D eigenvalue weighted by atomic mass is 16.4.